The van der Waals surface area contributed by atoms with Crippen LogP contribution in [0.5, 0.6) is 5.75 Å². The van der Waals surface area contributed by atoms with Gasteiger partial charge in [-0.2, -0.15) is 0 Å². The lowest BCUT2D eigenvalue weighted by Gasteiger charge is -2.24. The van der Waals surface area contributed by atoms with Gasteiger partial charge in [0, 0.05) is 24.8 Å². The summed E-state index contributed by atoms with van der Waals surface area (Å²) in [4.78, 5) is 18.5. The second-order valence-electron chi connectivity index (χ2n) is 5.34. The third-order valence-corrected chi connectivity index (χ3v) is 3.77. The Morgan fingerprint density at radius 1 is 1.46 bits per heavy atom. The van der Waals surface area contributed by atoms with Crippen molar-refractivity contribution in [2.45, 2.75) is 26.8 Å². The van der Waals surface area contributed by atoms with E-state index in [1.165, 1.54) is 12.3 Å². The third-order valence-electron chi connectivity index (χ3n) is 3.57. The van der Waals surface area contributed by atoms with E-state index < -0.39 is 0 Å². The van der Waals surface area contributed by atoms with Crippen LogP contribution in [-0.2, 0) is 11.3 Å². The number of carbonyl (C=O) groups is 1. The molecular formula is C19H23ClN2O2. The molecule has 0 N–H and O–H groups in total. The summed E-state index contributed by atoms with van der Waals surface area (Å²) in [6, 6.07) is 7.61. The number of benzene rings is 1. The fourth-order valence-corrected chi connectivity index (χ4v) is 2.11. The van der Waals surface area contributed by atoms with Gasteiger partial charge in [0.1, 0.15) is 12.4 Å². The molecule has 1 aromatic rings. The number of halogens is 1. The van der Waals surface area contributed by atoms with Crippen LogP contribution in [0.4, 0.5) is 0 Å². The minimum Gasteiger partial charge on any atom is -0.497 e. The monoisotopic (exact) mass is 346 g/mol. The van der Waals surface area contributed by atoms with Gasteiger partial charge < -0.3 is 9.64 Å². The number of aliphatic imine (C=N–C) groups is 1. The van der Waals surface area contributed by atoms with Crippen LogP contribution in [0.3, 0.4) is 0 Å². The van der Waals surface area contributed by atoms with Crippen LogP contribution in [0.25, 0.3) is 0 Å². The van der Waals surface area contributed by atoms with Crippen molar-refractivity contribution < 1.29 is 9.53 Å². The molecule has 0 saturated heterocycles. The Bertz CT molecular complexity index is 630. The SMILES string of the molecule is C#C/C=C(/Cl)C=NCN(Cc1ccc(OC)cc1)C(=O)C(C)CC. The van der Waals surface area contributed by atoms with Crippen LogP contribution in [0.15, 0.2) is 40.4 Å². The molecule has 0 heterocycles. The highest BCUT2D eigenvalue weighted by Crippen LogP contribution is 2.15. The second kappa shape index (κ2) is 10.5. The number of carbonyl (C=O) groups excluding carboxylic acids is 1. The quantitative estimate of drug-likeness (QED) is 0.530. The smallest absolute Gasteiger partial charge is 0.227 e. The fourth-order valence-electron chi connectivity index (χ4n) is 1.98. The first kappa shape index (κ1) is 19.8. The average Bonchev–Trinajstić information content (AvgIpc) is 2.60. The number of amides is 1. The van der Waals surface area contributed by atoms with Crippen molar-refractivity contribution in [3.63, 3.8) is 0 Å². The average molecular weight is 347 g/mol. The molecule has 0 spiro atoms. The number of rotatable bonds is 8. The van der Waals surface area contributed by atoms with Gasteiger partial charge in [-0.25, -0.2) is 0 Å². The van der Waals surface area contributed by atoms with E-state index in [0.717, 1.165) is 17.7 Å². The first-order valence-corrected chi connectivity index (χ1v) is 8.12. The molecule has 0 fully saturated rings. The van der Waals surface area contributed by atoms with Gasteiger partial charge in [-0.15, -0.1) is 6.42 Å². The highest BCUT2D eigenvalue weighted by atomic mass is 35.5. The minimum absolute atomic E-state index is 0.0579. The minimum atomic E-state index is -0.0600. The van der Waals surface area contributed by atoms with Crippen molar-refractivity contribution >= 4 is 23.7 Å². The molecule has 128 valence electrons. The first-order chi connectivity index (χ1) is 11.5. The molecule has 0 bridgehead atoms. The van der Waals surface area contributed by atoms with Gasteiger partial charge in [-0.05, 0) is 24.1 Å². The highest BCUT2D eigenvalue weighted by molar-refractivity contribution is 6.39. The van der Waals surface area contributed by atoms with Crippen LogP contribution < -0.4 is 4.74 Å². The largest absolute Gasteiger partial charge is 0.497 e. The molecule has 0 aliphatic heterocycles. The van der Waals surface area contributed by atoms with E-state index in [1.807, 2.05) is 38.1 Å². The van der Waals surface area contributed by atoms with Crippen LogP contribution >= 0.6 is 11.6 Å². The number of terminal acetylenes is 1. The maximum absolute atomic E-state index is 12.6. The molecule has 1 unspecified atom stereocenters. The Morgan fingerprint density at radius 2 is 2.12 bits per heavy atom. The van der Waals surface area contributed by atoms with E-state index in [9.17, 15) is 4.79 Å². The molecule has 1 rings (SSSR count). The predicted octanol–water partition coefficient (Wildman–Crippen LogP) is 3.85. The molecule has 0 aliphatic rings. The normalized spacial score (nSPS) is 12.7. The summed E-state index contributed by atoms with van der Waals surface area (Å²) in [5.74, 6) is 3.11. The summed E-state index contributed by atoms with van der Waals surface area (Å²) in [5, 5.41) is 0.359. The summed E-state index contributed by atoms with van der Waals surface area (Å²) in [6.07, 6.45) is 8.80. The highest BCUT2D eigenvalue weighted by Gasteiger charge is 2.18. The molecule has 0 aromatic heterocycles. The number of ether oxygens (including phenoxy) is 1. The molecular weight excluding hydrogens is 324 g/mol. The molecule has 5 heteroatoms. The van der Waals surface area contributed by atoms with Gasteiger partial charge in [-0.1, -0.05) is 43.5 Å². The maximum Gasteiger partial charge on any atom is 0.227 e. The Morgan fingerprint density at radius 3 is 2.67 bits per heavy atom. The summed E-state index contributed by atoms with van der Waals surface area (Å²) in [7, 11) is 1.62. The predicted molar refractivity (Wildman–Crippen MR) is 99.1 cm³/mol. The molecule has 0 saturated carbocycles. The summed E-state index contributed by atoms with van der Waals surface area (Å²) < 4.78 is 5.15. The molecule has 1 aromatic carbocycles. The lowest BCUT2D eigenvalue weighted by atomic mass is 10.1. The van der Waals surface area contributed by atoms with E-state index in [1.54, 1.807) is 12.0 Å². The number of hydrogen-bond acceptors (Lipinski definition) is 3. The van der Waals surface area contributed by atoms with E-state index >= 15 is 0 Å². The van der Waals surface area contributed by atoms with Gasteiger partial charge >= 0.3 is 0 Å². The molecule has 0 radical (unpaired) electrons. The van der Waals surface area contributed by atoms with Crippen LogP contribution in [0, 0.1) is 18.3 Å². The van der Waals surface area contributed by atoms with E-state index in [2.05, 4.69) is 10.9 Å². The fraction of sp³-hybridized carbons (Fsp3) is 0.368. The number of nitrogens with zero attached hydrogens (tertiary/aromatic N) is 2. The van der Waals surface area contributed by atoms with Crippen molar-refractivity contribution in [3.05, 3.63) is 40.9 Å². The number of allylic oxidation sites excluding steroid dienone is 2. The van der Waals surface area contributed by atoms with Crippen molar-refractivity contribution in [1.29, 1.82) is 0 Å². The number of hydrogen-bond donors (Lipinski definition) is 0. The zero-order chi connectivity index (χ0) is 17.9. The number of methoxy groups -OCH3 is 1. The van der Waals surface area contributed by atoms with Gasteiger partial charge in [0.25, 0.3) is 0 Å². The topological polar surface area (TPSA) is 41.9 Å². The van der Waals surface area contributed by atoms with Gasteiger partial charge in [0.05, 0.1) is 12.1 Å². The Labute approximate surface area is 149 Å². The molecule has 24 heavy (non-hydrogen) atoms. The van der Waals surface area contributed by atoms with Crippen molar-refractivity contribution in [3.8, 4) is 18.1 Å². The maximum atomic E-state index is 12.6. The molecule has 4 nitrogen and oxygen atoms in total. The Balaban J connectivity index is 2.86. The first-order valence-electron chi connectivity index (χ1n) is 7.75. The Hall–Kier alpha value is -2.25. The van der Waals surface area contributed by atoms with E-state index in [0.29, 0.717) is 11.6 Å². The zero-order valence-corrected chi connectivity index (χ0v) is 15.1. The third kappa shape index (κ3) is 6.47. The van der Waals surface area contributed by atoms with Gasteiger partial charge in [-0.3, -0.25) is 9.79 Å². The lowest BCUT2D eigenvalue weighted by Crippen LogP contribution is -2.34. The summed E-state index contributed by atoms with van der Waals surface area (Å²) in [6.45, 7) is 4.60. The van der Waals surface area contributed by atoms with Crippen LogP contribution in [0.1, 0.15) is 25.8 Å². The summed E-state index contributed by atoms with van der Waals surface area (Å²) >= 11 is 5.88. The van der Waals surface area contributed by atoms with Crippen LogP contribution in [0.2, 0.25) is 0 Å². The van der Waals surface area contributed by atoms with E-state index in [4.69, 9.17) is 22.8 Å². The van der Waals surface area contributed by atoms with Gasteiger partial charge in [0.2, 0.25) is 5.91 Å². The van der Waals surface area contributed by atoms with Crippen molar-refractivity contribution in [1.82, 2.24) is 4.90 Å². The Kier molecular flexibility index (Phi) is 8.67. The van der Waals surface area contributed by atoms with Crippen molar-refractivity contribution in [2.75, 3.05) is 13.8 Å². The second-order valence-corrected chi connectivity index (χ2v) is 5.78. The summed E-state index contributed by atoms with van der Waals surface area (Å²) in [5.41, 5.74) is 1.01. The van der Waals surface area contributed by atoms with Gasteiger partial charge in [0.15, 0.2) is 0 Å². The standard InChI is InChI=1S/C19H23ClN2O2/c1-5-7-17(20)12-21-14-22(19(23)15(3)6-2)13-16-8-10-18(24-4)11-9-16/h1,7-12,15H,6,13-14H2,2-4H3/b17-7+,21-12?. The van der Waals surface area contributed by atoms with Crippen LogP contribution in [-0.4, -0.2) is 30.8 Å². The zero-order valence-electron chi connectivity index (χ0n) is 14.3. The van der Waals surface area contributed by atoms with Crippen molar-refractivity contribution in [2.24, 2.45) is 10.9 Å². The molecule has 1 atom stereocenters. The van der Waals surface area contributed by atoms with E-state index in [-0.39, 0.29) is 18.5 Å². The molecule has 1 amide bonds. The lowest BCUT2D eigenvalue weighted by molar-refractivity contribution is -0.135. The molecule has 0 aliphatic carbocycles.